The van der Waals surface area contributed by atoms with Gasteiger partial charge in [-0.25, -0.2) is 9.97 Å². The molecule has 0 spiro atoms. The number of nitrogens with zero attached hydrogens (tertiary/aromatic N) is 3. The molecule has 0 radical (unpaired) electrons. The molecule has 1 aliphatic rings. The molecule has 66 valence electrons. The molecule has 1 fully saturated rings. The van der Waals surface area contributed by atoms with Gasteiger partial charge in [-0.1, -0.05) is 6.42 Å². The van der Waals surface area contributed by atoms with Crippen LogP contribution in [0.1, 0.15) is 31.0 Å². The molecule has 1 aromatic rings. The van der Waals surface area contributed by atoms with Gasteiger partial charge in [-0.05, 0) is 24.8 Å². The second-order valence-electron chi connectivity index (χ2n) is 3.40. The molecule has 1 atom stereocenters. The maximum Gasteiger partial charge on any atom is 0.145 e. The van der Waals surface area contributed by atoms with Gasteiger partial charge in [0, 0.05) is 12.4 Å². The molecular formula is C10H11N3. The SMILES string of the molecule is N#CC(c1ncccn1)C1CCC1. The zero-order chi connectivity index (χ0) is 9.10. The van der Waals surface area contributed by atoms with Gasteiger partial charge in [0.2, 0.25) is 0 Å². The van der Waals surface area contributed by atoms with E-state index in [0.29, 0.717) is 11.7 Å². The molecule has 1 unspecified atom stereocenters. The number of hydrogen-bond donors (Lipinski definition) is 0. The van der Waals surface area contributed by atoms with Crippen LogP contribution in [-0.2, 0) is 0 Å². The van der Waals surface area contributed by atoms with E-state index >= 15 is 0 Å². The Bertz CT molecular complexity index is 311. The van der Waals surface area contributed by atoms with Crippen LogP contribution in [-0.4, -0.2) is 9.97 Å². The maximum absolute atomic E-state index is 8.98. The summed E-state index contributed by atoms with van der Waals surface area (Å²) in [6.07, 6.45) is 6.94. The van der Waals surface area contributed by atoms with Crippen LogP contribution < -0.4 is 0 Å². The van der Waals surface area contributed by atoms with Crippen LogP contribution in [0.15, 0.2) is 18.5 Å². The lowest BCUT2D eigenvalue weighted by atomic mass is 9.76. The Kier molecular flexibility index (Phi) is 2.22. The highest BCUT2D eigenvalue weighted by Gasteiger charge is 2.29. The summed E-state index contributed by atoms with van der Waals surface area (Å²) in [6, 6.07) is 4.07. The summed E-state index contributed by atoms with van der Waals surface area (Å²) in [4.78, 5) is 8.24. The maximum atomic E-state index is 8.98. The van der Waals surface area contributed by atoms with Crippen molar-refractivity contribution in [2.24, 2.45) is 5.92 Å². The standard InChI is InChI=1S/C10H11N3/c11-7-9(8-3-1-4-8)10-12-5-2-6-13-10/h2,5-6,8-9H,1,3-4H2. The van der Waals surface area contributed by atoms with Gasteiger partial charge < -0.3 is 0 Å². The van der Waals surface area contributed by atoms with Crippen molar-refractivity contribution in [3.8, 4) is 6.07 Å². The molecule has 0 aromatic carbocycles. The van der Waals surface area contributed by atoms with Crippen LogP contribution in [0, 0.1) is 17.2 Å². The van der Waals surface area contributed by atoms with Crippen LogP contribution in [0.5, 0.6) is 0 Å². The van der Waals surface area contributed by atoms with Gasteiger partial charge in [0.15, 0.2) is 0 Å². The molecular weight excluding hydrogens is 162 g/mol. The zero-order valence-electron chi connectivity index (χ0n) is 7.35. The number of rotatable bonds is 2. The van der Waals surface area contributed by atoms with E-state index in [2.05, 4.69) is 16.0 Å². The molecule has 13 heavy (non-hydrogen) atoms. The minimum atomic E-state index is -0.0880. The minimum absolute atomic E-state index is 0.0880. The summed E-state index contributed by atoms with van der Waals surface area (Å²) in [5.41, 5.74) is 0. The van der Waals surface area contributed by atoms with Crippen molar-refractivity contribution in [2.75, 3.05) is 0 Å². The first-order valence-corrected chi connectivity index (χ1v) is 4.58. The molecule has 3 nitrogen and oxygen atoms in total. The molecule has 1 saturated carbocycles. The second-order valence-corrected chi connectivity index (χ2v) is 3.40. The molecule has 0 amide bonds. The van der Waals surface area contributed by atoms with Crippen molar-refractivity contribution in [3.05, 3.63) is 24.3 Å². The largest absolute Gasteiger partial charge is 0.240 e. The summed E-state index contributed by atoms with van der Waals surface area (Å²) < 4.78 is 0. The van der Waals surface area contributed by atoms with Crippen LogP contribution in [0.3, 0.4) is 0 Å². The van der Waals surface area contributed by atoms with E-state index < -0.39 is 0 Å². The lowest BCUT2D eigenvalue weighted by Gasteiger charge is -2.28. The molecule has 1 heterocycles. The molecule has 1 aromatic heterocycles. The fourth-order valence-corrected chi connectivity index (χ4v) is 1.62. The normalized spacial score (nSPS) is 18.7. The van der Waals surface area contributed by atoms with Crippen molar-refractivity contribution in [3.63, 3.8) is 0 Å². The van der Waals surface area contributed by atoms with Gasteiger partial charge in [0.25, 0.3) is 0 Å². The molecule has 0 aliphatic heterocycles. The predicted molar refractivity (Wildman–Crippen MR) is 47.7 cm³/mol. The fourth-order valence-electron chi connectivity index (χ4n) is 1.62. The van der Waals surface area contributed by atoms with Crippen LogP contribution in [0.25, 0.3) is 0 Å². The second kappa shape index (κ2) is 3.53. The molecule has 0 saturated heterocycles. The zero-order valence-corrected chi connectivity index (χ0v) is 7.35. The van der Waals surface area contributed by atoms with Gasteiger partial charge in [0.1, 0.15) is 11.7 Å². The fraction of sp³-hybridized carbons (Fsp3) is 0.500. The number of hydrogen-bond acceptors (Lipinski definition) is 3. The van der Waals surface area contributed by atoms with Crippen molar-refractivity contribution in [2.45, 2.75) is 25.2 Å². The lowest BCUT2D eigenvalue weighted by molar-refractivity contribution is 0.286. The quantitative estimate of drug-likeness (QED) is 0.686. The summed E-state index contributed by atoms with van der Waals surface area (Å²) in [7, 11) is 0. The van der Waals surface area contributed by atoms with Crippen molar-refractivity contribution < 1.29 is 0 Å². The van der Waals surface area contributed by atoms with Crippen LogP contribution >= 0.6 is 0 Å². The van der Waals surface area contributed by atoms with E-state index in [0.717, 1.165) is 12.8 Å². The van der Waals surface area contributed by atoms with E-state index in [-0.39, 0.29) is 5.92 Å². The first-order valence-electron chi connectivity index (χ1n) is 4.58. The van der Waals surface area contributed by atoms with E-state index in [1.807, 2.05) is 0 Å². The molecule has 0 N–H and O–H groups in total. The van der Waals surface area contributed by atoms with Crippen molar-refractivity contribution in [1.29, 1.82) is 5.26 Å². The third kappa shape index (κ3) is 1.52. The average molecular weight is 173 g/mol. The highest BCUT2D eigenvalue weighted by molar-refractivity contribution is 5.11. The average Bonchev–Trinajstić information content (AvgIpc) is 2.12. The van der Waals surface area contributed by atoms with E-state index in [1.54, 1.807) is 18.5 Å². The van der Waals surface area contributed by atoms with Gasteiger partial charge >= 0.3 is 0 Å². The molecule has 2 rings (SSSR count). The Balaban J connectivity index is 2.18. The van der Waals surface area contributed by atoms with Crippen molar-refractivity contribution >= 4 is 0 Å². The topological polar surface area (TPSA) is 49.6 Å². The predicted octanol–water partition coefficient (Wildman–Crippen LogP) is 1.88. The first kappa shape index (κ1) is 8.18. The third-order valence-corrected chi connectivity index (χ3v) is 2.62. The molecule has 3 heteroatoms. The van der Waals surface area contributed by atoms with Crippen molar-refractivity contribution in [1.82, 2.24) is 9.97 Å². The van der Waals surface area contributed by atoms with E-state index in [9.17, 15) is 0 Å². The summed E-state index contributed by atoms with van der Waals surface area (Å²) in [5.74, 6) is 1.09. The van der Waals surface area contributed by atoms with Gasteiger partial charge in [-0.2, -0.15) is 5.26 Å². The Hall–Kier alpha value is -1.43. The third-order valence-electron chi connectivity index (χ3n) is 2.62. The highest BCUT2D eigenvalue weighted by atomic mass is 14.9. The Labute approximate surface area is 77.4 Å². The van der Waals surface area contributed by atoms with E-state index in [4.69, 9.17) is 5.26 Å². The Morgan fingerprint density at radius 2 is 2.08 bits per heavy atom. The van der Waals surface area contributed by atoms with Crippen LogP contribution in [0.2, 0.25) is 0 Å². The summed E-state index contributed by atoms with van der Waals surface area (Å²) in [5, 5.41) is 8.98. The Morgan fingerprint density at radius 3 is 2.54 bits per heavy atom. The van der Waals surface area contributed by atoms with Gasteiger partial charge in [0.05, 0.1) is 6.07 Å². The van der Waals surface area contributed by atoms with Gasteiger partial charge in [-0.15, -0.1) is 0 Å². The summed E-state index contributed by atoms with van der Waals surface area (Å²) >= 11 is 0. The monoisotopic (exact) mass is 173 g/mol. The first-order chi connectivity index (χ1) is 6.42. The number of nitriles is 1. The molecule has 1 aliphatic carbocycles. The molecule has 0 bridgehead atoms. The Morgan fingerprint density at radius 1 is 1.38 bits per heavy atom. The smallest absolute Gasteiger partial charge is 0.145 e. The minimum Gasteiger partial charge on any atom is -0.240 e. The number of aromatic nitrogens is 2. The highest BCUT2D eigenvalue weighted by Crippen LogP contribution is 2.37. The lowest BCUT2D eigenvalue weighted by Crippen LogP contribution is -2.20. The van der Waals surface area contributed by atoms with Crippen LogP contribution in [0.4, 0.5) is 0 Å². The van der Waals surface area contributed by atoms with Gasteiger partial charge in [-0.3, -0.25) is 0 Å². The van der Waals surface area contributed by atoms with E-state index in [1.165, 1.54) is 6.42 Å². The summed E-state index contributed by atoms with van der Waals surface area (Å²) in [6.45, 7) is 0.